The number of nitrogens with one attached hydrogen (secondary N) is 2. The molecule has 25 heavy (non-hydrogen) atoms. The van der Waals surface area contributed by atoms with Crippen LogP contribution in [0, 0.1) is 0 Å². The highest BCUT2D eigenvalue weighted by atomic mass is 79.9. The summed E-state index contributed by atoms with van der Waals surface area (Å²) in [6.07, 6.45) is 1.41. The second kappa shape index (κ2) is 7.48. The Kier molecular flexibility index (Phi) is 5.14. The Balaban J connectivity index is 1.58. The number of carbonyl (C=O) groups is 3. The van der Waals surface area contributed by atoms with Crippen molar-refractivity contribution in [1.29, 1.82) is 0 Å². The van der Waals surface area contributed by atoms with Gasteiger partial charge in [0.15, 0.2) is 0 Å². The molecule has 6 nitrogen and oxygen atoms in total. The first-order valence-corrected chi connectivity index (χ1v) is 8.60. The van der Waals surface area contributed by atoms with Crippen molar-refractivity contribution in [3.05, 3.63) is 64.1 Å². The molecular formula is C18H16BrN3O3. The van der Waals surface area contributed by atoms with Crippen LogP contribution >= 0.6 is 15.9 Å². The number of carbonyl (C=O) groups excluding carboxylic acids is 3. The molecule has 3 rings (SSSR count). The van der Waals surface area contributed by atoms with Crippen LogP contribution < -0.4 is 15.8 Å². The van der Waals surface area contributed by atoms with Gasteiger partial charge in [0.1, 0.15) is 0 Å². The van der Waals surface area contributed by atoms with Crippen LogP contribution in [0.4, 0.5) is 5.69 Å². The molecule has 1 saturated heterocycles. The zero-order valence-electron chi connectivity index (χ0n) is 13.3. The number of amides is 3. The highest BCUT2D eigenvalue weighted by Crippen LogP contribution is 2.21. The van der Waals surface area contributed by atoms with Gasteiger partial charge in [0, 0.05) is 34.3 Å². The molecule has 2 aromatic rings. The van der Waals surface area contributed by atoms with Crippen molar-refractivity contribution in [2.45, 2.75) is 12.8 Å². The highest BCUT2D eigenvalue weighted by Gasteiger charge is 2.21. The van der Waals surface area contributed by atoms with Gasteiger partial charge in [0.2, 0.25) is 5.91 Å². The SMILES string of the molecule is O=C(NNC(=O)c1ccc(N2CCCC2=O)cc1)c1ccc(Br)cc1. The van der Waals surface area contributed by atoms with Crippen LogP contribution in [0.1, 0.15) is 33.6 Å². The van der Waals surface area contributed by atoms with Crippen molar-refractivity contribution in [1.82, 2.24) is 10.9 Å². The zero-order valence-corrected chi connectivity index (χ0v) is 14.9. The third-order valence-electron chi connectivity index (χ3n) is 3.91. The van der Waals surface area contributed by atoms with E-state index in [0.717, 1.165) is 16.6 Å². The molecule has 2 aromatic carbocycles. The summed E-state index contributed by atoms with van der Waals surface area (Å²) in [6.45, 7) is 0.702. The minimum Gasteiger partial charge on any atom is -0.312 e. The molecule has 1 heterocycles. The molecule has 2 N–H and O–H groups in total. The van der Waals surface area contributed by atoms with Crippen molar-refractivity contribution >= 4 is 39.3 Å². The molecule has 0 aliphatic carbocycles. The molecule has 1 fully saturated rings. The van der Waals surface area contributed by atoms with E-state index in [4.69, 9.17) is 0 Å². The predicted molar refractivity (Wildman–Crippen MR) is 97.1 cm³/mol. The third-order valence-corrected chi connectivity index (χ3v) is 4.44. The van der Waals surface area contributed by atoms with E-state index >= 15 is 0 Å². The van der Waals surface area contributed by atoms with Gasteiger partial charge in [0.05, 0.1) is 0 Å². The Morgan fingerprint density at radius 1 is 0.880 bits per heavy atom. The van der Waals surface area contributed by atoms with Gasteiger partial charge in [0.25, 0.3) is 11.8 Å². The maximum Gasteiger partial charge on any atom is 0.269 e. The fourth-order valence-corrected chi connectivity index (χ4v) is 2.84. The second-order valence-electron chi connectivity index (χ2n) is 5.61. The summed E-state index contributed by atoms with van der Waals surface area (Å²) >= 11 is 3.30. The molecule has 1 aliphatic rings. The summed E-state index contributed by atoms with van der Waals surface area (Å²) < 4.78 is 0.865. The second-order valence-corrected chi connectivity index (χ2v) is 6.53. The lowest BCUT2D eigenvalue weighted by Crippen LogP contribution is -2.41. The van der Waals surface area contributed by atoms with Crippen molar-refractivity contribution in [2.75, 3.05) is 11.4 Å². The molecule has 0 atom stereocenters. The zero-order chi connectivity index (χ0) is 17.8. The first-order valence-electron chi connectivity index (χ1n) is 7.81. The smallest absolute Gasteiger partial charge is 0.269 e. The van der Waals surface area contributed by atoms with Gasteiger partial charge in [-0.1, -0.05) is 15.9 Å². The molecule has 128 valence electrons. The Morgan fingerprint density at radius 3 is 1.88 bits per heavy atom. The minimum atomic E-state index is -0.426. The molecule has 0 radical (unpaired) electrons. The minimum absolute atomic E-state index is 0.0963. The molecule has 0 saturated carbocycles. The number of rotatable bonds is 3. The van der Waals surface area contributed by atoms with E-state index in [-0.39, 0.29) is 5.91 Å². The Labute approximate surface area is 153 Å². The standard InChI is InChI=1S/C18H16BrN3O3/c19-14-7-3-12(4-8-14)17(24)20-21-18(25)13-5-9-15(10-6-13)22-11-1-2-16(22)23/h3-10H,1-2,11H2,(H,20,24)(H,21,25). The first kappa shape index (κ1) is 17.2. The van der Waals surface area contributed by atoms with E-state index in [2.05, 4.69) is 26.8 Å². The number of benzene rings is 2. The summed E-state index contributed by atoms with van der Waals surface area (Å²) in [5.74, 6) is -0.733. The normalized spacial score (nSPS) is 13.6. The number of anilines is 1. The fraction of sp³-hybridized carbons (Fsp3) is 0.167. The molecule has 0 aromatic heterocycles. The lowest BCUT2D eigenvalue weighted by atomic mass is 10.2. The monoisotopic (exact) mass is 401 g/mol. The van der Waals surface area contributed by atoms with Gasteiger partial charge in [-0.25, -0.2) is 0 Å². The molecular weight excluding hydrogens is 386 g/mol. The lowest BCUT2D eigenvalue weighted by Gasteiger charge is -2.15. The van der Waals surface area contributed by atoms with Crippen LogP contribution in [0.5, 0.6) is 0 Å². The van der Waals surface area contributed by atoms with Gasteiger partial charge in [-0.2, -0.15) is 0 Å². The van der Waals surface area contributed by atoms with Gasteiger partial charge in [-0.15, -0.1) is 0 Å². The molecule has 1 aliphatic heterocycles. The molecule has 0 spiro atoms. The summed E-state index contributed by atoms with van der Waals surface area (Å²) in [5.41, 5.74) is 6.36. The van der Waals surface area contributed by atoms with Crippen LogP contribution in [0.2, 0.25) is 0 Å². The number of halogens is 1. The van der Waals surface area contributed by atoms with Crippen LogP contribution in [-0.2, 0) is 4.79 Å². The number of hydrogen-bond acceptors (Lipinski definition) is 3. The molecule has 3 amide bonds. The number of hydrazine groups is 1. The quantitative estimate of drug-likeness (QED) is 0.775. The Morgan fingerprint density at radius 2 is 1.40 bits per heavy atom. The van der Waals surface area contributed by atoms with Gasteiger partial charge >= 0.3 is 0 Å². The van der Waals surface area contributed by atoms with Crippen molar-refractivity contribution < 1.29 is 14.4 Å². The van der Waals surface area contributed by atoms with Gasteiger partial charge < -0.3 is 4.90 Å². The maximum atomic E-state index is 12.1. The summed E-state index contributed by atoms with van der Waals surface area (Å²) in [6, 6.07) is 13.5. The number of hydrogen-bond donors (Lipinski definition) is 2. The predicted octanol–water partition coefficient (Wildman–Crippen LogP) is 2.65. The van der Waals surface area contributed by atoms with E-state index in [0.29, 0.717) is 24.1 Å². The largest absolute Gasteiger partial charge is 0.312 e. The Bertz CT molecular complexity index is 803. The van der Waals surface area contributed by atoms with E-state index in [9.17, 15) is 14.4 Å². The highest BCUT2D eigenvalue weighted by molar-refractivity contribution is 9.10. The van der Waals surface area contributed by atoms with E-state index in [1.807, 2.05) is 0 Å². The molecule has 7 heteroatoms. The van der Waals surface area contributed by atoms with Crippen LogP contribution in [0.3, 0.4) is 0 Å². The van der Waals surface area contributed by atoms with Crippen LogP contribution in [0.15, 0.2) is 53.0 Å². The fourth-order valence-electron chi connectivity index (χ4n) is 2.57. The third kappa shape index (κ3) is 4.06. The van der Waals surface area contributed by atoms with Crippen molar-refractivity contribution in [2.24, 2.45) is 0 Å². The summed E-state index contributed by atoms with van der Waals surface area (Å²) in [7, 11) is 0. The van der Waals surface area contributed by atoms with E-state index in [1.165, 1.54) is 0 Å². The first-order chi connectivity index (χ1) is 12.0. The average Bonchev–Trinajstić information content (AvgIpc) is 3.06. The maximum absolute atomic E-state index is 12.1. The van der Waals surface area contributed by atoms with Crippen LogP contribution in [-0.4, -0.2) is 24.3 Å². The van der Waals surface area contributed by atoms with Crippen LogP contribution in [0.25, 0.3) is 0 Å². The topological polar surface area (TPSA) is 78.5 Å². The number of nitrogens with zero attached hydrogens (tertiary/aromatic N) is 1. The average molecular weight is 402 g/mol. The van der Waals surface area contributed by atoms with E-state index < -0.39 is 11.8 Å². The lowest BCUT2D eigenvalue weighted by molar-refractivity contribution is -0.117. The molecule has 0 bridgehead atoms. The Hall–Kier alpha value is -2.67. The summed E-state index contributed by atoms with van der Waals surface area (Å²) in [5, 5.41) is 0. The molecule has 0 unspecified atom stereocenters. The van der Waals surface area contributed by atoms with Crippen molar-refractivity contribution in [3.8, 4) is 0 Å². The van der Waals surface area contributed by atoms with Gasteiger partial charge in [-0.3, -0.25) is 25.2 Å². The van der Waals surface area contributed by atoms with Gasteiger partial charge in [-0.05, 0) is 55.0 Å². The van der Waals surface area contributed by atoms with Crippen molar-refractivity contribution in [3.63, 3.8) is 0 Å². The summed E-state index contributed by atoms with van der Waals surface area (Å²) in [4.78, 5) is 37.5. The van der Waals surface area contributed by atoms with E-state index in [1.54, 1.807) is 53.4 Å².